The predicted octanol–water partition coefficient (Wildman–Crippen LogP) is 7.43. The third-order valence-corrected chi connectivity index (χ3v) is 35.7. The summed E-state index contributed by atoms with van der Waals surface area (Å²) < 4.78 is 17.5. The SMILES string of the molecule is CC[CH2][Sn]([C]#[C][Sn]([CH2]CC)([CH2]CC)[CH2]CC)([CH2]CC)[CH2]CC. The quantitative estimate of drug-likeness (QED) is 0.186. The first-order valence-corrected chi connectivity index (χ1v) is 25.1. The molecule has 0 bridgehead atoms. The van der Waals surface area contributed by atoms with Gasteiger partial charge in [-0.15, -0.1) is 0 Å². The zero-order chi connectivity index (χ0) is 16.9. The van der Waals surface area contributed by atoms with Crippen molar-refractivity contribution in [3.05, 3.63) is 0 Å². The van der Waals surface area contributed by atoms with Crippen LogP contribution in [0.25, 0.3) is 0 Å². The van der Waals surface area contributed by atoms with E-state index in [4.69, 9.17) is 0 Å². The van der Waals surface area contributed by atoms with Crippen molar-refractivity contribution in [2.45, 2.75) is 107 Å². The fourth-order valence-electron chi connectivity index (χ4n) is 4.26. The van der Waals surface area contributed by atoms with Gasteiger partial charge in [0.15, 0.2) is 0 Å². The van der Waals surface area contributed by atoms with Gasteiger partial charge in [0.2, 0.25) is 0 Å². The molecule has 0 unspecified atom stereocenters. The van der Waals surface area contributed by atoms with Gasteiger partial charge >= 0.3 is 151 Å². The summed E-state index contributed by atoms with van der Waals surface area (Å²) in [5.74, 6) is 0. The fourth-order valence-corrected chi connectivity index (χ4v) is 38.7. The molecule has 22 heavy (non-hydrogen) atoms. The van der Waals surface area contributed by atoms with Gasteiger partial charge in [0.1, 0.15) is 0 Å². The Kier molecular flexibility index (Phi) is 14.2. The first-order valence-electron chi connectivity index (χ1n) is 10.1. The van der Waals surface area contributed by atoms with Crippen molar-refractivity contribution in [3.8, 4) is 7.87 Å². The van der Waals surface area contributed by atoms with Crippen LogP contribution in [0.3, 0.4) is 0 Å². The molecule has 0 rings (SSSR count). The van der Waals surface area contributed by atoms with Gasteiger partial charge in [0, 0.05) is 0 Å². The zero-order valence-electron chi connectivity index (χ0n) is 16.5. The molecule has 0 N–H and O–H groups in total. The van der Waals surface area contributed by atoms with Crippen molar-refractivity contribution in [3.63, 3.8) is 0 Å². The van der Waals surface area contributed by atoms with Crippen LogP contribution in [0.4, 0.5) is 0 Å². The normalized spacial score (nSPS) is 12.1. The third-order valence-electron chi connectivity index (χ3n) is 4.96. The van der Waals surface area contributed by atoms with Gasteiger partial charge in [-0.3, -0.25) is 0 Å². The molecule has 0 heterocycles. The Morgan fingerprint density at radius 2 is 0.591 bits per heavy atom. The number of hydrogen-bond donors (Lipinski definition) is 0. The Balaban J connectivity index is 5.52. The Morgan fingerprint density at radius 3 is 0.727 bits per heavy atom. The topological polar surface area (TPSA) is 0 Å². The molecule has 0 fully saturated rings. The van der Waals surface area contributed by atoms with Crippen LogP contribution < -0.4 is 0 Å². The van der Waals surface area contributed by atoms with E-state index in [1.54, 1.807) is 0 Å². The van der Waals surface area contributed by atoms with Gasteiger partial charge in [-0.25, -0.2) is 0 Å². The monoisotopic (exact) mass is 522 g/mol. The minimum absolute atomic E-state index is 1.38. The van der Waals surface area contributed by atoms with Gasteiger partial charge in [0.25, 0.3) is 0 Å². The van der Waals surface area contributed by atoms with Crippen LogP contribution in [0.5, 0.6) is 0 Å². The molecule has 0 aromatic heterocycles. The molecule has 0 aromatic carbocycles. The summed E-state index contributed by atoms with van der Waals surface area (Å²) in [6.07, 6.45) is 8.27. The first-order chi connectivity index (χ1) is 10.6. The van der Waals surface area contributed by atoms with Crippen LogP contribution in [0, 0.1) is 7.87 Å². The molecule has 0 nitrogen and oxygen atoms in total. The maximum atomic E-state index is 4.18. The van der Waals surface area contributed by atoms with Gasteiger partial charge in [-0.1, -0.05) is 0 Å². The van der Waals surface area contributed by atoms with Gasteiger partial charge < -0.3 is 0 Å². The van der Waals surface area contributed by atoms with Crippen LogP contribution in [-0.4, -0.2) is 36.8 Å². The van der Waals surface area contributed by atoms with Gasteiger partial charge in [-0.05, 0) is 0 Å². The molecular formula is C20H42Sn2. The van der Waals surface area contributed by atoms with E-state index < -0.39 is 36.8 Å². The molecule has 0 aliphatic carbocycles. The summed E-state index contributed by atoms with van der Waals surface area (Å²) in [7, 11) is 0. The van der Waals surface area contributed by atoms with E-state index >= 15 is 0 Å². The van der Waals surface area contributed by atoms with Crippen LogP contribution in [0.15, 0.2) is 0 Å². The second-order valence-electron chi connectivity index (χ2n) is 7.31. The van der Waals surface area contributed by atoms with Crippen molar-refractivity contribution >= 4 is 36.8 Å². The van der Waals surface area contributed by atoms with Crippen LogP contribution >= 0.6 is 0 Å². The Morgan fingerprint density at radius 1 is 0.409 bits per heavy atom. The summed E-state index contributed by atoms with van der Waals surface area (Å²) in [4.78, 5) is 0. The standard InChI is InChI=1S/6C3H7.C2.2Sn/c6*1-3-2;1-2;;/h6*1,3H2,2H3;;;. The molecular weight excluding hydrogens is 478 g/mol. The van der Waals surface area contributed by atoms with E-state index in [2.05, 4.69) is 49.4 Å². The Labute approximate surface area is 150 Å². The van der Waals surface area contributed by atoms with Crippen molar-refractivity contribution in [1.82, 2.24) is 0 Å². The average Bonchev–Trinajstić information content (AvgIpc) is 2.47. The van der Waals surface area contributed by atoms with Gasteiger partial charge in [-0.2, -0.15) is 0 Å². The van der Waals surface area contributed by atoms with Gasteiger partial charge in [0.05, 0.1) is 0 Å². The van der Waals surface area contributed by atoms with E-state index in [1.165, 1.54) is 65.1 Å². The minimum atomic E-state index is -2.14. The van der Waals surface area contributed by atoms with E-state index in [0.717, 1.165) is 0 Å². The molecule has 0 aliphatic rings. The first kappa shape index (κ1) is 23.2. The van der Waals surface area contributed by atoms with Crippen molar-refractivity contribution in [2.24, 2.45) is 0 Å². The average molecular weight is 520 g/mol. The van der Waals surface area contributed by atoms with Crippen LogP contribution in [0.1, 0.15) is 80.1 Å². The fraction of sp³-hybridized carbons (Fsp3) is 0.900. The molecule has 0 aromatic rings. The van der Waals surface area contributed by atoms with Crippen molar-refractivity contribution in [2.75, 3.05) is 0 Å². The molecule has 2 heteroatoms. The Bertz CT molecular complexity index is 260. The third kappa shape index (κ3) is 8.31. The molecule has 0 atom stereocenters. The molecule has 130 valence electrons. The second kappa shape index (κ2) is 13.4. The predicted molar refractivity (Wildman–Crippen MR) is 110 cm³/mol. The number of rotatable bonds is 12. The van der Waals surface area contributed by atoms with Crippen LogP contribution in [-0.2, 0) is 0 Å². The molecule has 0 spiro atoms. The summed E-state index contributed by atoms with van der Waals surface area (Å²) in [5, 5.41) is 0. The molecule has 0 saturated heterocycles. The molecule has 0 saturated carbocycles. The van der Waals surface area contributed by atoms with Crippen LogP contribution in [0.2, 0.25) is 26.6 Å². The summed E-state index contributed by atoms with van der Waals surface area (Å²) >= 11 is -4.29. The van der Waals surface area contributed by atoms with Crippen molar-refractivity contribution in [1.29, 1.82) is 0 Å². The second-order valence-corrected chi connectivity index (χ2v) is 31.9. The molecule has 0 radical (unpaired) electrons. The van der Waals surface area contributed by atoms with E-state index in [-0.39, 0.29) is 0 Å². The Hall–Kier alpha value is 1.16. The molecule has 0 amide bonds. The number of hydrogen-bond acceptors (Lipinski definition) is 0. The van der Waals surface area contributed by atoms with Crippen molar-refractivity contribution < 1.29 is 0 Å². The summed E-state index contributed by atoms with van der Waals surface area (Å²) in [6.45, 7) is 14.3. The summed E-state index contributed by atoms with van der Waals surface area (Å²) in [6, 6.07) is 0. The van der Waals surface area contributed by atoms with E-state index in [9.17, 15) is 0 Å². The molecule has 0 aliphatic heterocycles. The van der Waals surface area contributed by atoms with E-state index in [1.807, 2.05) is 0 Å². The van der Waals surface area contributed by atoms with E-state index in [0.29, 0.717) is 0 Å². The zero-order valence-corrected chi connectivity index (χ0v) is 22.2. The maximum absolute atomic E-state index is 4.18. The summed E-state index contributed by atoms with van der Waals surface area (Å²) in [5.41, 5.74) is 0.